The van der Waals surface area contributed by atoms with Gasteiger partial charge in [0.2, 0.25) is 0 Å². The van der Waals surface area contributed by atoms with Crippen LogP contribution in [0.4, 0.5) is 5.82 Å². The predicted molar refractivity (Wildman–Crippen MR) is 63.9 cm³/mol. The fourth-order valence-corrected chi connectivity index (χ4v) is 1.28. The monoisotopic (exact) mass is 263 g/mol. The third kappa shape index (κ3) is 2.57. The SMILES string of the molecule is N/C(=N/O)c1cn[nH]c1NC(=O)c1ccc(=O)[nH]n1. The Morgan fingerprint density at radius 3 is 2.84 bits per heavy atom. The molecule has 98 valence electrons. The summed E-state index contributed by atoms with van der Waals surface area (Å²) in [5.74, 6) is -0.653. The Labute approximate surface area is 105 Å². The number of amidine groups is 1. The van der Waals surface area contributed by atoms with Gasteiger partial charge >= 0.3 is 0 Å². The number of nitrogens with one attached hydrogen (secondary N) is 3. The van der Waals surface area contributed by atoms with E-state index in [0.717, 1.165) is 0 Å². The van der Waals surface area contributed by atoms with E-state index in [9.17, 15) is 9.59 Å². The van der Waals surface area contributed by atoms with Gasteiger partial charge in [0.1, 0.15) is 11.5 Å². The summed E-state index contributed by atoms with van der Waals surface area (Å²) >= 11 is 0. The minimum Gasteiger partial charge on any atom is -0.409 e. The lowest BCUT2D eigenvalue weighted by atomic mass is 10.3. The molecule has 10 heteroatoms. The van der Waals surface area contributed by atoms with E-state index in [1.807, 2.05) is 0 Å². The smallest absolute Gasteiger partial charge is 0.277 e. The molecule has 2 rings (SSSR count). The molecule has 0 radical (unpaired) electrons. The maximum Gasteiger partial charge on any atom is 0.277 e. The van der Waals surface area contributed by atoms with Gasteiger partial charge in [0.25, 0.3) is 11.5 Å². The predicted octanol–water partition coefficient (Wildman–Crippen LogP) is -1.16. The Bertz CT molecular complexity index is 667. The van der Waals surface area contributed by atoms with Gasteiger partial charge < -0.3 is 16.3 Å². The van der Waals surface area contributed by atoms with E-state index in [2.05, 4.69) is 30.9 Å². The summed E-state index contributed by atoms with van der Waals surface area (Å²) in [7, 11) is 0. The summed E-state index contributed by atoms with van der Waals surface area (Å²) < 4.78 is 0. The molecule has 0 fully saturated rings. The van der Waals surface area contributed by atoms with Gasteiger partial charge in [-0.2, -0.15) is 10.2 Å². The van der Waals surface area contributed by atoms with Crippen LogP contribution in [0.2, 0.25) is 0 Å². The average Bonchev–Trinajstić information content (AvgIpc) is 2.86. The molecule has 0 spiro atoms. The van der Waals surface area contributed by atoms with E-state index in [0.29, 0.717) is 0 Å². The van der Waals surface area contributed by atoms with Crippen LogP contribution in [0.3, 0.4) is 0 Å². The highest BCUT2D eigenvalue weighted by Crippen LogP contribution is 2.11. The summed E-state index contributed by atoms with van der Waals surface area (Å²) in [5, 5.41) is 25.6. The van der Waals surface area contributed by atoms with Crippen LogP contribution in [0.1, 0.15) is 16.1 Å². The van der Waals surface area contributed by atoms with Gasteiger partial charge in [0.05, 0.1) is 11.8 Å². The second kappa shape index (κ2) is 5.00. The second-order valence-electron chi connectivity index (χ2n) is 3.40. The first kappa shape index (κ1) is 12.3. The number of oxime groups is 1. The van der Waals surface area contributed by atoms with Crippen molar-refractivity contribution in [3.05, 3.63) is 39.9 Å². The van der Waals surface area contributed by atoms with Crippen molar-refractivity contribution in [2.75, 3.05) is 5.32 Å². The molecule has 10 nitrogen and oxygen atoms in total. The Kier molecular flexibility index (Phi) is 3.23. The largest absolute Gasteiger partial charge is 0.409 e. The molecule has 19 heavy (non-hydrogen) atoms. The van der Waals surface area contributed by atoms with Crippen LogP contribution in [-0.2, 0) is 0 Å². The van der Waals surface area contributed by atoms with E-state index in [4.69, 9.17) is 10.9 Å². The van der Waals surface area contributed by atoms with E-state index in [1.165, 1.54) is 18.3 Å². The number of anilines is 1. The fraction of sp³-hybridized carbons (Fsp3) is 0. The van der Waals surface area contributed by atoms with Crippen molar-refractivity contribution < 1.29 is 10.0 Å². The molecule has 0 aliphatic heterocycles. The Morgan fingerprint density at radius 2 is 2.21 bits per heavy atom. The number of H-pyrrole nitrogens is 2. The summed E-state index contributed by atoms with van der Waals surface area (Å²) in [5.41, 5.74) is 5.20. The van der Waals surface area contributed by atoms with Gasteiger partial charge in [-0.05, 0) is 6.07 Å². The molecule has 0 aliphatic rings. The third-order valence-electron chi connectivity index (χ3n) is 2.17. The van der Waals surface area contributed by atoms with Crippen LogP contribution in [0.25, 0.3) is 0 Å². The van der Waals surface area contributed by atoms with Crippen LogP contribution < -0.4 is 16.6 Å². The topological polar surface area (TPSA) is 162 Å². The van der Waals surface area contributed by atoms with Crippen molar-refractivity contribution in [2.45, 2.75) is 0 Å². The zero-order chi connectivity index (χ0) is 13.8. The molecule has 2 heterocycles. The molecule has 0 unspecified atom stereocenters. The first-order chi connectivity index (χ1) is 9.11. The number of aromatic nitrogens is 4. The lowest BCUT2D eigenvalue weighted by Gasteiger charge is -2.03. The number of nitrogens with zero attached hydrogens (tertiary/aromatic N) is 3. The molecule has 0 saturated carbocycles. The number of nitrogens with two attached hydrogens (primary N) is 1. The summed E-state index contributed by atoms with van der Waals surface area (Å²) in [6.07, 6.45) is 1.28. The molecule has 6 N–H and O–H groups in total. The van der Waals surface area contributed by atoms with Gasteiger partial charge in [-0.3, -0.25) is 14.7 Å². The number of hydrogen-bond donors (Lipinski definition) is 5. The first-order valence-corrected chi connectivity index (χ1v) is 5.00. The van der Waals surface area contributed by atoms with Crippen LogP contribution in [0.5, 0.6) is 0 Å². The van der Waals surface area contributed by atoms with Gasteiger partial charge in [-0.15, -0.1) is 0 Å². The minimum atomic E-state index is -0.590. The highest BCUT2D eigenvalue weighted by atomic mass is 16.4. The number of rotatable bonds is 3. The molecule has 2 aromatic rings. The van der Waals surface area contributed by atoms with Gasteiger partial charge in [-0.1, -0.05) is 5.16 Å². The Hall–Kier alpha value is -3.17. The molecule has 0 aromatic carbocycles. The van der Waals surface area contributed by atoms with E-state index in [-0.39, 0.29) is 22.9 Å². The van der Waals surface area contributed by atoms with Crippen molar-refractivity contribution in [1.29, 1.82) is 0 Å². The number of carbonyl (C=O) groups excluding carboxylic acids is 1. The van der Waals surface area contributed by atoms with E-state index in [1.54, 1.807) is 0 Å². The molecule has 0 bridgehead atoms. The Morgan fingerprint density at radius 1 is 1.42 bits per heavy atom. The molecular formula is C9H9N7O3. The minimum absolute atomic E-state index is 0.000316. The van der Waals surface area contributed by atoms with Gasteiger partial charge in [0.15, 0.2) is 5.84 Å². The molecule has 0 saturated heterocycles. The van der Waals surface area contributed by atoms with Crippen LogP contribution >= 0.6 is 0 Å². The first-order valence-electron chi connectivity index (χ1n) is 5.00. The van der Waals surface area contributed by atoms with Crippen molar-refractivity contribution in [1.82, 2.24) is 20.4 Å². The molecular weight excluding hydrogens is 254 g/mol. The number of hydrogen-bond acceptors (Lipinski definition) is 6. The molecule has 2 aromatic heterocycles. The maximum atomic E-state index is 11.8. The summed E-state index contributed by atoms with van der Waals surface area (Å²) in [4.78, 5) is 22.6. The second-order valence-corrected chi connectivity index (χ2v) is 3.40. The molecule has 0 aliphatic carbocycles. The molecule has 0 atom stereocenters. The number of carbonyl (C=O) groups is 1. The van der Waals surface area contributed by atoms with Crippen LogP contribution in [0.15, 0.2) is 28.3 Å². The van der Waals surface area contributed by atoms with Gasteiger partial charge in [-0.25, -0.2) is 5.10 Å². The number of amides is 1. The van der Waals surface area contributed by atoms with Gasteiger partial charge in [0, 0.05) is 6.07 Å². The Balaban J connectivity index is 2.22. The fourth-order valence-electron chi connectivity index (χ4n) is 1.28. The highest BCUT2D eigenvalue weighted by molar-refractivity contribution is 6.08. The van der Waals surface area contributed by atoms with Crippen molar-refractivity contribution in [3.63, 3.8) is 0 Å². The highest BCUT2D eigenvalue weighted by Gasteiger charge is 2.14. The van der Waals surface area contributed by atoms with Crippen LogP contribution in [0, 0.1) is 0 Å². The maximum absolute atomic E-state index is 11.8. The standard InChI is InChI=1S/C9H9N7O3/c10-7(16-19)4-3-11-15-8(4)12-9(18)5-1-2-6(17)14-13-5/h1-3,19H,(H2,10,16)(H,14,17)(H2,11,12,15,18). The third-order valence-corrected chi connectivity index (χ3v) is 2.17. The quantitative estimate of drug-likeness (QED) is 0.203. The normalized spacial score (nSPS) is 11.3. The van der Waals surface area contributed by atoms with E-state index < -0.39 is 11.5 Å². The molecule has 1 amide bonds. The van der Waals surface area contributed by atoms with Crippen LogP contribution in [-0.4, -0.2) is 37.3 Å². The summed E-state index contributed by atoms with van der Waals surface area (Å²) in [6.45, 7) is 0. The number of aromatic amines is 2. The average molecular weight is 263 g/mol. The van der Waals surface area contributed by atoms with Crippen molar-refractivity contribution in [2.24, 2.45) is 10.9 Å². The zero-order valence-corrected chi connectivity index (χ0v) is 9.41. The zero-order valence-electron chi connectivity index (χ0n) is 9.41. The van der Waals surface area contributed by atoms with Crippen molar-refractivity contribution in [3.8, 4) is 0 Å². The lowest BCUT2D eigenvalue weighted by Crippen LogP contribution is -2.20. The summed E-state index contributed by atoms with van der Waals surface area (Å²) in [6, 6.07) is 2.42. The lowest BCUT2D eigenvalue weighted by molar-refractivity contribution is 0.102. The van der Waals surface area contributed by atoms with E-state index >= 15 is 0 Å². The van der Waals surface area contributed by atoms with Crippen molar-refractivity contribution >= 4 is 17.6 Å².